The van der Waals surface area contributed by atoms with Crippen LogP contribution < -0.4 is 10.0 Å². The molecule has 0 aliphatic heterocycles. The Hall–Kier alpha value is -1.37. The summed E-state index contributed by atoms with van der Waals surface area (Å²) in [6.07, 6.45) is 2.52. The number of hydrogen-bond acceptors (Lipinski definition) is 4. The van der Waals surface area contributed by atoms with Crippen LogP contribution in [0.25, 0.3) is 0 Å². The fraction of sp³-hybridized carbons (Fsp3) is 0.333. The summed E-state index contributed by atoms with van der Waals surface area (Å²) in [5.74, 6) is 0. The number of sulfonamides is 1. The molecule has 0 radical (unpaired) electrons. The fourth-order valence-corrected chi connectivity index (χ4v) is 4.34. The van der Waals surface area contributed by atoms with Gasteiger partial charge in [0.2, 0.25) is 0 Å². The fourth-order valence-electron chi connectivity index (χ4n) is 2.00. The highest BCUT2D eigenvalue weighted by Gasteiger charge is 2.20. The number of rotatable bonds is 6. The molecule has 21 heavy (non-hydrogen) atoms. The van der Waals surface area contributed by atoms with Gasteiger partial charge in [0.05, 0.1) is 0 Å². The maximum absolute atomic E-state index is 12.2. The van der Waals surface area contributed by atoms with Gasteiger partial charge in [0.25, 0.3) is 10.0 Å². The quantitative estimate of drug-likeness (QED) is 0.859. The molecule has 0 spiro atoms. The second kappa shape index (κ2) is 5.79. The monoisotopic (exact) mass is 322 g/mol. The summed E-state index contributed by atoms with van der Waals surface area (Å²) >= 11 is 1.27. The summed E-state index contributed by atoms with van der Waals surface area (Å²) in [4.78, 5) is 0.983. The van der Waals surface area contributed by atoms with E-state index in [-0.39, 0.29) is 0 Å². The van der Waals surface area contributed by atoms with Crippen LogP contribution in [0.1, 0.15) is 23.3 Å². The Morgan fingerprint density at radius 2 is 1.86 bits per heavy atom. The first kappa shape index (κ1) is 14.6. The molecule has 112 valence electrons. The van der Waals surface area contributed by atoms with Crippen molar-refractivity contribution in [3.63, 3.8) is 0 Å². The van der Waals surface area contributed by atoms with Gasteiger partial charge in [0.15, 0.2) is 0 Å². The molecule has 1 heterocycles. The zero-order chi connectivity index (χ0) is 14.9. The van der Waals surface area contributed by atoms with E-state index in [1.165, 1.54) is 24.2 Å². The first-order chi connectivity index (χ1) is 10.0. The Bertz CT molecular complexity index is 716. The molecule has 2 aromatic rings. The van der Waals surface area contributed by atoms with E-state index < -0.39 is 10.0 Å². The minimum absolute atomic E-state index is 0.347. The molecule has 1 aliphatic rings. The molecule has 2 N–H and O–H groups in total. The summed E-state index contributed by atoms with van der Waals surface area (Å²) in [5, 5.41) is 3.43. The highest BCUT2D eigenvalue weighted by molar-refractivity contribution is 7.94. The van der Waals surface area contributed by atoms with Crippen LogP contribution in [0, 0.1) is 6.92 Å². The summed E-state index contributed by atoms with van der Waals surface area (Å²) in [5.41, 5.74) is 1.76. The van der Waals surface area contributed by atoms with Crippen molar-refractivity contribution < 1.29 is 8.42 Å². The largest absolute Gasteiger partial charge is 0.310 e. The van der Waals surface area contributed by atoms with Crippen molar-refractivity contribution in [2.24, 2.45) is 0 Å². The number of aryl methyl sites for hydroxylation is 1. The van der Waals surface area contributed by atoms with Crippen LogP contribution in [0.4, 0.5) is 5.69 Å². The van der Waals surface area contributed by atoms with Gasteiger partial charge in [0, 0.05) is 23.2 Å². The van der Waals surface area contributed by atoms with Gasteiger partial charge in [-0.2, -0.15) is 0 Å². The van der Waals surface area contributed by atoms with Gasteiger partial charge in [-0.1, -0.05) is 12.1 Å². The van der Waals surface area contributed by atoms with Crippen molar-refractivity contribution in [2.45, 2.75) is 36.6 Å². The van der Waals surface area contributed by atoms with E-state index in [1.54, 1.807) is 6.07 Å². The van der Waals surface area contributed by atoms with E-state index in [1.807, 2.05) is 37.3 Å². The van der Waals surface area contributed by atoms with Crippen molar-refractivity contribution in [3.8, 4) is 0 Å². The highest BCUT2D eigenvalue weighted by atomic mass is 32.2. The summed E-state index contributed by atoms with van der Waals surface area (Å²) in [6.45, 7) is 2.73. The van der Waals surface area contributed by atoms with Gasteiger partial charge in [0.1, 0.15) is 4.21 Å². The van der Waals surface area contributed by atoms with E-state index in [0.717, 1.165) is 17.0 Å². The zero-order valence-corrected chi connectivity index (χ0v) is 13.4. The average molecular weight is 322 g/mol. The third-order valence-corrected chi connectivity index (χ3v) is 6.23. The molecule has 1 aliphatic carbocycles. The molecule has 0 saturated heterocycles. The Balaban J connectivity index is 1.66. The van der Waals surface area contributed by atoms with Gasteiger partial charge in [-0.05, 0) is 49.6 Å². The van der Waals surface area contributed by atoms with Gasteiger partial charge in [-0.15, -0.1) is 11.3 Å². The number of benzene rings is 1. The molecule has 0 amide bonds. The van der Waals surface area contributed by atoms with Crippen molar-refractivity contribution in [3.05, 3.63) is 46.8 Å². The Morgan fingerprint density at radius 1 is 1.14 bits per heavy atom. The van der Waals surface area contributed by atoms with E-state index in [4.69, 9.17) is 0 Å². The van der Waals surface area contributed by atoms with Crippen molar-refractivity contribution in [1.29, 1.82) is 0 Å². The normalized spacial score (nSPS) is 15.1. The van der Waals surface area contributed by atoms with Crippen LogP contribution >= 0.6 is 11.3 Å². The third kappa shape index (κ3) is 3.84. The minimum Gasteiger partial charge on any atom is -0.310 e. The first-order valence-electron chi connectivity index (χ1n) is 6.94. The lowest BCUT2D eigenvalue weighted by molar-refractivity contribution is 0.603. The average Bonchev–Trinajstić information content (AvgIpc) is 3.17. The topological polar surface area (TPSA) is 58.2 Å². The lowest BCUT2D eigenvalue weighted by atomic mass is 10.2. The van der Waals surface area contributed by atoms with E-state index >= 15 is 0 Å². The number of hydrogen-bond donors (Lipinski definition) is 2. The number of thiophene rings is 1. The van der Waals surface area contributed by atoms with Crippen molar-refractivity contribution >= 4 is 27.0 Å². The Kier molecular flexibility index (Phi) is 4.01. The predicted octanol–water partition coefficient (Wildman–Crippen LogP) is 3.11. The number of nitrogens with one attached hydrogen (secondary N) is 2. The van der Waals surface area contributed by atoms with Crippen molar-refractivity contribution in [2.75, 3.05) is 4.72 Å². The van der Waals surface area contributed by atoms with Crippen LogP contribution in [-0.2, 0) is 16.6 Å². The molecule has 0 atom stereocenters. The molecular weight excluding hydrogens is 304 g/mol. The third-order valence-electron chi connectivity index (χ3n) is 3.36. The summed E-state index contributed by atoms with van der Waals surface area (Å²) < 4.78 is 27.4. The molecule has 1 saturated carbocycles. The lowest BCUT2D eigenvalue weighted by Gasteiger charge is -2.08. The second-order valence-corrected chi connectivity index (χ2v) is 8.52. The molecule has 3 rings (SSSR count). The maximum atomic E-state index is 12.2. The van der Waals surface area contributed by atoms with Gasteiger partial charge >= 0.3 is 0 Å². The van der Waals surface area contributed by atoms with Gasteiger partial charge in [-0.25, -0.2) is 8.42 Å². The van der Waals surface area contributed by atoms with Crippen LogP contribution in [0.15, 0.2) is 40.6 Å². The summed E-state index contributed by atoms with van der Waals surface area (Å²) in [6, 6.07) is 11.6. The Morgan fingerprint density at radius 3 is 2.43 bits per heavy atom. The zero-order valence-electron chi connectivity index (χ0n) is 11.8. The first-order valence-corrected chi connectivity index (χ1v) is 9.24. The maximum Gasteiger partial charge on any atom is 0.271 e. The van der Waals surface area contributed by atoms with Crippen LogP contribution in [-0.4, -0.2) is 14.5 Å². The molecule has 6 heteroatoms. The number of anilines is 1. The second-order valence-electron chi connectivity index (χ2n) is 5.32. The van der Waals surface area contributed by atoms with Gasteiger partial charge in [-0.3, -0.25) is 4.72 Å². The smallest absolute Gasteiger partial charge is 0.271 e. The lowest BCUT2D eigenvalue weighted by Crippen LogP contribution is -2.15. The molecule has 1 aromatic carbocycles. The van der Waals surface area contributed by atoms with E-state index in [9.17, 15) is 8.42 Å². The van der Waals surface area contributed by atoms with Crippen molar-refractivity contribution in [1.82, 2.24) is 5.32 Å². The van der Waals surface area contributed by atoms with E-state index in [0.29, 0.717) is 15.9 Å². The molecule has 1 aromatic heterocycles. The molecule has 4 nitrogen and oxygen atoms in total. The van der Waals surface area contributed by atoms with Crippen LogP contribution in [0.2, 0.25) is 0 Å². The predicted molar refractivity (Wildman–Crippen MR) is 86.2 cm³/mol. The van der Waals surface area contributed by atoms with Gasteiger partial charge < -0.3 is 5.32 Å². The standard InChI is InChI=1S/C15H18N2O2S2/c1-11-2-9-15(20-11)21(18,19)17-14-5-3-12(4-6-14)10-16-13-7-8-13/h2-6,9,13,16-17H,7-8,10H2,1H3. The van der Waals surface area contributed by atoms with Crippen LogP contribution in [0.3, 0.4) is 0 Å². The SMILES string of the molecule is Cc1ccc(S(=O)(=O)Nc2ccc(CNC3CC3)cc2)s1. The Labute approximate surface area is 129 Å². The van der Waals surface area contributed by atoms with E-state index in [2.05, 4.69) is 10.0 Å². The minimum atomic E-state index is -3.47. The molecule has 0 bridgehead atoms. The molecular formula is C15H18N2O2S2. The van der Waals surface area contributed by atoms with Crippen LogP contribution in [0.5, 0.6) is 0 Å². The molecule has 0 unspecified atom stereocenters. The molecule has 1 fully saturated rings. The highest BCUT2D eigenvalue weighted by Crippen LogP contribution is 2.24. The summed E-state index contributed by atoms with van der Waals surface area (Å²) in [7, 11) is -3.47.